The van der Waals surface area contributed by atoms with Crippen molar-refractivity contribution >= 4 is 46.9 Å². The van der Waals surface area contributed by atoms with Gasteiger partial charge in [0.25, 0.3) is 11.6 Å². The quantitative estimate of drug-likeness (QED) is 0.128. The molecule has 0 aromatic heterocycles. The van der Waals surface area contributed by atoms with Crippen molar-refractivity contribution in [3.63, 3.8) is 0 Å². The van der Waals surface area contributed by atoms with E-state index < -0.39 is 64.5 Å². The molecule has 3 aromatic carbocycles. The van der Waals surface area contributed by atoms with Crippen molar-refractivity contribution < 1.29 is 43.6 Å². The third kappa shape index (κ3) is 6.44. The van der Waals surface area contributed by atoms with Gasteiger partial charge in [0.15, 0.2) is 11.8 Å². The second kappa shape index (κ2) is 13.4. The summed E-state index contributed by atoms with van der Waals surface area (Å²) in [6, 6.07) is 15.9. The van der Waals surface area contributed by atoms with Crippen LogP contribution < -0.4 is 10.6 Å². The van der Waals surface area contributed by atoms with E-state index in [1.54, 1.807) is 36.4 Å². The average molecular weight is 632 g/mol. The summed E-state index contributed by atoms with van der Waals surface area (Å²) in [5.41, 5.74) is 4.46. The van der Waals surface area contributed by atoms with Crippen LogP contribution in [-0.4, -0.2) is 67.6 Å². The number of para-hydroxylation sites is 1. The number of nitro benzene ring substituents is 1. The lowest BCUT2D eigenvalue weighted by Crippen LogP contribution is -2.56. The Balaban J connectivity index is 1.74. The zero-order valence-corrected chi connectivity index (χ0v) is 24.6. The minimum absolute atomic E-state index is 0.00835. The number of carbonyl (C=O) groups is 6. The van der Waals surface area contributed by atoms with Crippen molar-refractivity contribution in [2.75, 3.05) is 4.90 Å². The summed E-state index contributed by atoms with van der Waals surface area (Å²) in [7, 11) is 0. The van der Waals surface area contributed by atoms with E-state index in [1.807, 2.05) is 0 Å². The number of ketones is 1. The minimum atomic E-state index is -2.08. The van der Waals surface area contributed by atoms with E-state index in [4.69, 9.17) is 10.6 Å². The van der Waals surface area contributed by atoms with E-state index in [0.717, 1.165) is 24.0 Å². The van der Waals surface area contributed by atoms with Crippen molar-refractivity contribution in [3.8, 4) is 0 Å². The van der Waals surface area contributed by atoms with Crippen molar-refractivity contribution in [1.82, 2.24) is 9.96 Å². The predicted octanol–water partition coefficient (Wildman–Crippen LogP) is 2.53. The normalized spacial score (nSPS) is 17.3. The number of amides is 4. The van der Waals surface area contributed by atoms with E-state index in [9.17, 15) is 44.0 Å². The van der Waals surface area contributed by atoms with Gasteiger partial charge in [-0.2, -0.15) is 0 Å². The van der Waals surface area contributed by atoms with Crippen LogP contribution in [0.25, 0.3) is 0 Å². The Bertz CT molecular complexity index is 1680. The van der Waals surface area contributed by atoms with E-state index in [-0.39, 0.29) is 28.5 Å². The molecule has 0 saturated carbocycles. The first-order valence-corrected chi connectivity index (χ1v) is 13.8. The highest BCUT2D eigenvalue weighted by Gasteiger charge is 2.58. The molecular weight excluding hydrogens is 602 g/mol. The lowest BCUT2D eigenvalue weighted by Gasteiger charge is -2.31. The number of hydrogen-bond donors (Lipinski definition) is 2. The molecule has 1 fully saturated rings. The maximum absolute atomic E-state index is 14.0. The molecule has 3 atom stereocenters. The first-order valence-electron chi connectivity index (χ1n) is 13.8. The predicted molar refractivity (Wildman–Crippen MR) is 159 cm³/mol. The molecule has 1 heterocycles. The Morgan fingerprint density at radius 2 is 1.54 bits per heavy atom. The molecule has 0 unspecified atom stereocenters. The Labute approximate surface area is 261 Å². The summed E-state index contributed by atoms with van der Waals surface area (Å²) in [5, 5.41) is 20.6. The molecular formula is C31H29N5O10. The fraction of sp³-hybridized carbons (Fsp3) is 0.226. The van der Waals surface area contributed by atoms with Gasteiger partial charge in [0.1, 0.15) is 5.54 Å². The van der Waals surface area contributed by atoms with Crippen LogP contribution in [0.15, 0.2) is 84.9 Å². The largest absolute Gasteiger partial charge is 0.481 e. The molecule has 0 spiro atoms. The fourth-order valence-corrected chi connectivity index (χ4v) is 5.00. The van der Waals surface area contributed by atoms with Gasteiger partial charge >= 0.3 is 18.0 Å². The zero-order chi connectivity index (χ0) is 33.8. The molecule has 46 heavy (non-hydrogen) atoms. The van der Waals surface area contributed by atoms with Gasteiger partial charge in [0.05, 0.1) is 17.4 Å². The van der Waals surface area contributed by atoms with Gasteiger partial charge in [-0.15, -0.1) is 0 Å². The topological polar surface area (TPSA) is 211 Å². The van der Waals surface area contributed by atoms with Crippen molar-refractivity contribution in [2.24, 2.45) is 5.73 Å². The number of imide groups is 1. The molecule has 4 rings (SSSR count). The zero-order valence-electron chi connectivity index (χ0n) is 24.6. The molecule has 4 amide bonds. The van der Waals surface area contributed by atoms with Gasteiger partial charge < -0.3 is 15.7 Å². The number of carboxylic acids is 1. The lowest BCUT2D eigenvalue weighted by atomic mass is 9.90. The highest BCUT2D eigenvalue weighted by Crippen LogP contribution is 2.39. The van der Waals surface area contributed by atoms with Gasteiger partial charge in [-0.3, -0.25) is 39.1 Å². The number of carbonyl (C=O) groups excluding carboxylic acids is 5. The Morgan fingerprint density at radius 1 is 0.978 bits per heavy atom. The first-order chi connectivity index (χ1) is 21.8. The second-order valence-corrected chi connectivity index (χ2v) is 10.5. The number of nitrogens with two attached hydrogens (primary N) is 1. The third-order valence-electron chi connectivity index (χ3n) is 7.40. The number of nitrogens with zero attached hydrogens (tertiary/aromatic N) is 4. The monoisotopic (exact) mass is 631 g/mol. The van der Waals surface area contributed by atoms with E-state index >= 15 is 0 Å². The van der Waals surface area contributed by atoms with Gasteiger partial charge in [0.2, 0.25) is 5.91 Å². The second-order valence-electron chi connectivity index (χ2n) is 10.5. The van der Waals surface area contributed by atoms with Gasteiger partial charge in [-0.05, 0) is 49.2 Å². The number of aliphatic carboxylic acids is 1. The van der Waals surface area contributed by atoms with E-state index in [0.29, 0.717) is 10.5 Å². The SMILES string of the molecule is CC(=O)[C@@H](C(=O)ON1C(=O)N(Cc2ccccc2)[C@](C)(c2ccc([N+](=O)[O-])cc2)C1=O)N(C(=O)[C@@H](N)CC(=O)O)c1ccccc1. The summed E-state index contributed by atoms with van der Waals surface area (Å²) >= 11 is 0. The van der Waals surface area contributed by atoms with Crippen molar-refractivity contribution in [3.05, 3.63) is 106 Å². The molecule has 1 aliphatic heterocycles. The highest BCUT2D eigenvalue weighted by molar-refractivity contribution is 6.15. The average Bonchev–Trinajstić information content (AvgIpc) is 3.20. The maximum atomic E-state index is 14.0. The molecule has 0 bridgehead atoms. The van der Waals surface area contributed by atoms with Gasteiger partial charge in [-0.25, -0.2) is 9.59 Å². The first kappa shape index (κ1) is 32.9. The summed E-state index contributed by atoms with van der Waals surface area (Å²) in [5.74, 6) is -6.01. The number of hydrogen-bond acceptors (Lipinski definition) is 10. The molecule has 15 heteroatoms. The van der Waals surface area contributed by atoms with E-state index in [1.165, 1.54) is 43.3 Å². The van der Waals surface area contributed by atoms with Crippen LogP contribution in [0.4, 0.5) is 16.2 Å². The Kier molecular flexibility index (Phi) is 9.56. The van der Waals surface area contributed by atoms with Crippen LogP contribution in [-0.2, 0) is 40.9 Å². The summed E-state index contributed by atoms with van der Waals surface area (Å²) in [4.78, 5) is 96.8. The number of non-ortho nitro benzene ring substituents is 1. The molecule has 3 aromatic rings. The molecule has 15 nitrogen and oxygen atoms in total. The smallest absolute Gasteiger partial charge is 0.363 e. The number of hydroxylamine groups is 2. The van der Waals surface area contributed by atoms with Crippen LogP contribution in [0.1, 0.15) is 31.4 Å². The summed E-state index contributed by atoms with van der Waals surface area (Å²) in [6.07, 6.45) is -0.826. The van der Waals surface area contributed by atoms with Crippen LogP contribution >= 0.6 is 0 Å². The molecule has 0 aliphatic carbocycles. The molecule has 1 aliphatic rings. The van der Waals surface area contributed by atoms with Gasteiger partial charge in [0, 0.05) is 24.4 Å². The van der Waals surface area contributed by atoms with Crippen LogP contribution in [0.2, 0.25) is 0 Å². The number of carboxylic acid groups (broad SMARTS) is 1. The Morgan fingerprint density at radius 3 is 2.07 bits per heavy atom. The standard InChI is InChI=1S/C31H29N5O10/c1-19(37)26(34(22-11-7-4-8-12-22)27(40)24(32)17-25(38)39)28(41)46-35-29(42)31(2,21-13-15-23(16-14-21)36(44)45)33(30(35)43)18-20-9-5-3-6-10-20/h3-16,24,26H,17-18,32H2,1-2H3,(H,38,39)/t24-,26-,31+/m0/s1. The van der Waals surface area contributed by atoms with Crippen molar-refractivity contribution in [2.45, 2.75) is 44.4 Å². The number of benzene rings is 3. The number of Topliss-reactive ketones (excluding diaryl/α,β-unsaturated/α-hetero) is 1. The van der Waals surface area contributed by atoms with Crippen molar-refractivity contribution in [1.29, 1.82) is 0 Å². The summed E-state index contributed by atoms with van der Waals surface area (Å²) < 4.78 is 0. The molecule has 0 radical (unpaired) electrons. The fourth-order valence-electron chi connectivity index (χ4n) is 5.00. The number of urea groups is 1. The maximum Gasteiger partial charge on any atom is 0.363 e. The molecule has 3 N–H and O–H groups in total. The molecule has 238 valence electrons. The minimum Gasteiger partial charge on any atom is -0.481 e. The number of rotatable bonds is 12. The Hall–Kier alpha value is -5.96. The van der Waals surface area contributed by atoms with Crippen LogP contribution in [0, 0.1) is 10.1 Å². The third-order valence-corrected chi connectivity index (χ3v) is 7.40. The van der Waals surface area contributed by atoms with E-state index in [2.05, 4.69) is 0 Å². The van der Waals surface area contributed by atoms with Crippen LogP contribution in [0.5, 0.6) is 0 Å². The highest BCUT2D eigenvalue weighted by atomic mass is 16.7. The van der Waals surface area contributed by atoms with Crippen LogP contribution in [0.3, 0.4) is 0 Å². The van der Waals surface area contributed by atoms with Gasteiger partial charge in [-0.1, -0.05) is 53.6 Å². The number of nitro groups is 1. The molecule has 1 saturated heterocycles. The number of anilines is 1. The summed E-state index contributed by atoms with van der Waals surface area (Å²) in [6.45, 7) is 2.19. The lowest BCUT2D eigenvalue weighted by molar-refractivity contribution is -0.384.